The summed E-state index contributed by atoms with van der Waals surface area (Å²) in [6.45, 7) is -0.550. The molecule has 0 bridgehead atoms. The minimum Gasteiger partial charge on any atom is -0.493 e. The van der Waals surface area contributed by atoms with Gasteiger partial charge in [0, 0.05) is 0 Å². The zero-order chi connectivity index (χ0) is 18.3. The standard InChI is InChI=1S/C14H12IN3O6/c1-23-10-4-7(2-8(5-16)13(21)18-14(17)22)3-9(15)12(10)24-6-11(19)20/h2-4H,6H2,1H3,(H,19,20)(H3,17,18,21,22)/b8-2-. The minimum atomic E-state index is -1.15. The molecule has 0 radical (unpaired) electrons. The van der Waals surface area contributed by atoms with Gasteiger partial charge in [-0.1, -0.05) is 0 Å². The smallest absolute Gasteiger partial charge is 0.341 e. The van der Waals surface area contributed by atoms with Gasteiger partial charge in [0.05, 0.1) is 10.7 Å². The van der Waals surface area contributed by atoms with E-state index in [1.807, 2.05) is 22.6 Å². The molecule has 4 N–H and O–H groups in total. The third-order valence-corrected chi connectivity index (χ3v) is 3.31. The van der Waals surface area contributed by atoms with E-state index >= 15 is 0 Å². The molecule has 1 aromatic rings. The number of hydrogen-bond donors (Lipinski definition) is 3. The van der Waals surface area contributed by atoms with Gasteiger partial charge in [-0.15, -0.1) is 0 Å². The Morgan fingerprint density at radius 2 is 2.12 bits per heavy atom. The van der Waals surface area contributed by atoms with Gasteiger partial charge in [0.15, 0.2) is 18.1 Å². The van der Waals surface area contributed by atoms with E-state index in [0.29, 0.717) is 9.13 Å². The van der Waals surface area contributed by atoms with Gasteiger partial charge >= 0.3 is 12.0 Å². The molecule has 0 saturated heterocycles. The van der Waals surface area contributed by atoms with Crippen molar-refractivity contribution >= 4 is 46.6 Å². The maximum atomic E-state index is 11.6. The van der Waals surface area contributed by atoms with E-state index in [9.17, 15) is 14.4 Å². The molecule has 1 rings (SSSR count). The van der Waals surface area contributed by atoms with Crippen LogP contribution in [0.4, 0.5) is 4.79 Å². The van der Waals surface area contributed by atoms with Crippen molar-refractivity contribution in [3.05, 3.63) is 26.8 Å². The Balaban J connectivity index is 3.21. The van der Waals surface area contributed by atoms with Gasteiger partial charge in [-0.2, -0.15) is 5.26 Å². The molecular formula is C14H12IN3O6. The van der Waals surface area contributed by atoms with E-state index in [4.69, 9.17) is 25.6 Å². The van der Waals surface area contributed by atoms with Gasteiger partial charge in [-0.3, -0.25) is 10.1 Å². The number of ether oxygens (including phenoxy) is 2. The number of carboxylic acids is 1. The SMILES string of the molecule is COc1cc(/C=C(/C#N)C(=O)NC(N)=O)cc(I)c1OCC(=O)O. The molecule has 0 fully saturated rings. The number of nitrogens with zero attached hydrogens (tertiary/aromatic N) is 1. The van der Waals surface area contributed by atoms with E-state index in [1.165, 1.54) is 19.3 Å². The number of imide groups is 1. The van der Waals surface area contributed by atoms with E-state index in [-0.39, 0.29) is 17.1 Å². The predicted molar refractivity (Wildman–Crippen MR) is 90.2 cm³/mol. The number of nitriles is 1. The second kappa shape index (κ2) is 8.73. The Morgan fingerprint density at radius 1 is 1.46 bits per heavy atom. The second-order valence-electron chi connectivity index (χ2n) is 4.20. The third-order valence-electron chi connectivity index (χ3n) is 2.50. The fourth-order valence-corrected chi connectivity index (χ4v) is 2.37. The number of methoxy groups -OCH3 is 1. The van der Waals surface area contributed by atoms with Crippen LogP contribution in [0.3, 0.4) is 0 Å². The first kappa shape index (κ1) is 19.2. The van der Waals surface area contributed by atoms with Crippen molar-refractivity contribution in [3.8, 4) is 17.6 Å². The number of carbonyl (C=O) groups is 3. The normalized spacial score (nSPS) is 10.5. The van der Waals surface area contributed by atoms with Crippen LogP contribution in [0.2, 0.25) is 0 Å². The molecule has 0 saturated carbocycles. The highest BCUT2D eigenvalue weighted by molar-refractivity contribution is 14.1. The summed E-state index contributed by atoms with van der Waals surface area (Å²) in [5.41, 5.74) is 4.90. The van der Waals surface area contributed by atoms with Crippen LogP contribution in [-0.2, 0) is 9.59 Å². The van der Waals surface area contributed by atoms with Crippen molar-refractivity contribution in [2.45, 2.75) is 0 Å². The number of carbonyl (C=O) groups excluding carboxylic acids is 2. The molecule has 126 valence electrons. The van der Waals surface area contributed by atoms with Crippen LogP contribution in [0.1, 0.15) is 5.56 Å². The molecule has 0 aliphatic carbocycles. The number of urea groups is 1. The summed E-state index contributed by atoms with van der Waals surface area (Å²) < 4.78 is 10.8. The molecule has 0 aliphatic rings. The Bertz CT molecular complexity index is 754. The lowest BCUT2D eigenvalue weighted by Gasteiger charge is -2.12. The number of hydrogen-bond acceptors (Lipinski definition) is 6. The molecule has 3 amide bonds. The molecule has 0 unspecified atom stereocenters. The zero-order valence-corrected chi connectivity index (χ0v) is 14.5. The lowest BCUT2D eigenvalue weighted by atomic mass is 10.1. The average molecular weight is 445 g/mol. The van der Waals surface area contributed by atoms with E-state index < -0.39 is 24.5 Å². The molecule has 10 heteroatoms. The number of nitrogens with two attached hydrogens (primary N) is 1. The van der Waals surface area contributed by atoms with Gasteiger partial charge < -0.3 is 20.3 Å². The molecule has 0 atom stereocenters. The molecular weight excluding hydrogens is 433 g/mol. The third kappa shape index (κ3) is 5.43. The minimum absolute atomic E-state index is 0.220. The van der Waals surface area contributed by atoms with E-state index in [0.717, 1.165) is 0 Å². The van der Waals surface area contributed by atoms with Gasteiger partial charge in [0.25, 0.3) is 5.91 Å². The molecule has 9 nitrogen and oxygen atoms in total. The number of aliphatic carboxylic acids is 1. The largest absolute Gasteiger partial charge is 0.493 e. The first-order valence-electron chi connectivity index (χ1n) is 6.23. The Hall–Kier alpha value is -2.81. The zero-order valence-electron chi connectivity index (χ0n) is 12.3. The molecule has 24 heavy (non-hydrogen) atoms. The topological polar surface area (TPSA) is 152 Å². The summed E-state index contributed by atoms with van der Waals surface area (Å²) in [5.74, 6) is -1.64. The van der Waals surface area contributed by atoms with Crippen LogP contribution in [-0.4, -0.2) is 36.7 Å². The maximum absolute atomic E-state index is 11.6. The fraction of sp³-hybridized carbons (Fsp3) is 0.143. The number of rotatable bonds is 6. The molecule has 1 aromatic carbocycles. The summed E-state index contributed by atoms with van der Waals surface area (Å²) in [6.07, 6.45) is 1.23. The Kier molecular flexibility index (Phi) is 6.99. The van der Waals surface area contributed by atoms with Crippen molar-refractivity contribution in [1.82, 2.24) is 5.32 Å². The lowest BCUT2D eigenvalue weighted by Crippen LogP contribution is -2.35. The molecule has 0 heterocycles. The average Bonchev–Trinajstić information content (AvgIpc) is 2.49. The summed E-state index contributed by atoms with van der Waals surface area (Å²) in [6, 6.07) is 3.58. The molecule has 0 aromatic heterocycles. The first-order chi connectivity index (χ1) is 11.3. The van der Waals surface area contributed by atoms with Crippen molar-refractivity contribution in [2.24, 2.45) is 5.73 Å². The van der Waals surface area contributed by atoms with Gasteiger partial charge in [-0.25, -0.2) is 9.59 Å². The van der Waals surface area contributed by atoms with E-state index in [2.05, 4.69) is 0 Å². The van der Waals surface area contributed by atoms with Crippen LogP contribution in [0, 0.1) is 14.9 Å². The number of carboxylic acid groups (broad SMARTS) is 1. The van der Waals surface area contributed by atoms with Crippen molar-refractivity contribution in [1.29, 1.82) is 5.26 Å². The number of primary amides is 1. The van der Waals surface area contributed by atoms with Gasteiger partial charge in [0.2, 0.25) is 0 Å². The summed E-state index contributed by atoms with van der Waals surface area (Å²) in [7, 11) is 1.36. The molecule has 0 spiro atoms. The van der Waals surface area contributed by atoms with Crippen LogP contribution < -0.4 is 20.5 Å². The monoisotopic (exact) mass is 445 g/mol. The second-order valence-corrected chi connectivity index (χ2v) is 5.37. The van der Waals surface area contributed by atoms with Crippen molar-refractivity contribution in [2.75, 3.05) is 13.7 Å². The summed E-state index contributed by atoms with van der Waals surface area (Å²) in [5, 5.41) is 19.5. The number of nitrogens with one attached hydrogen (secondary N) is 1. The number of halogens is 1. The number of benzene rings is 1. The highest BCUT2D eigenvalue weighted by atomic mass is 127. The van der Waals surface area contributed by atoms with Crippen molar-refractivity contribution < 1.29 is 29.0 Å². The molecule has 0 aliphatic heterocycles. The van der Waals surface area contributed by atoms with Gasteiger partial charge in [-0.05, 0) is 46.4 Å². The fourth-order valence-electron chi connectivity index (χ4n) is 1.59. The summed E-state index contributed by atoms with van der Waals surface area (Å²) in [4.78, 5) is 32.9. The van der Waals surface area contributed by atoms with Gasteiger partial charge in [0.1, 0.15) is 11.6 Å². The Morgan fingerprint density at radius 3 is 2.62 bits per heavy atom. The van der Waals surface area contributed by atoms with Crippen LogP contribution in [0.5, 0.6) is 11.5 Å². The summed E-state index contributed by atoms with van der Waals surface area (Å²) >= 11 is 1.89. The highest BCUT2D eigenvalue weighted by Gasteiger charge is 2.15. The number of amides is 3. The highest BCUT2D eigenvalue weighted by Crippen LogP contribution is 2.34. The predicted octanol–water partition coefficient (Wildman–Crippen LogP) is 0.865. The Labute approximate surface area is 150 Å². The maximum Gasteiger partial charge on any atom is 0.341 e. The van der Waals surface area contributed by atoms with Crippen LogP contribution in [0.15, 0.2) is 17.7 Å². The quantitative estimate of drug-likeness (QED) is 0.334. The van der Waals surface area contributed by atoms with Crippen LogP contribution in [0.25, 0.3) is 6.08 Å². The van der Waals surface area contributed by atoms with Crippen molar-refractivity contribution in [3.63, 3.8) is 0 Å². The lowest BCUT2D eigenvalue weighted by molar-refractivity contribution is -0.139. The first-order valence-corrected chi connectivity index (χ1v) is 7.31. The van der Waals surface area contributed by atoms with Crippen LogP contribution >= 0.6 is 22.6 Å². The van der Waals surface area contributed by atoms with E-state index in [1.54, 1.807) is 17.5 Å².